The van der Waals surface area contributed by atoms with E-state index in [0.29, 0.717) is 12.7 Å². The zero-order valence-corrected chi connectivity index (χ0v) is 10.9. The topological polar surface area (TPSA) is 35.2 Å². The second-order valence-electron chi connectivity index (χ2n) is 4.78. The molecule has 0 heterocycles. The van der Waals surface area contributed by atoms with Crippen molar-refractivity contribution in [3.63, 3.8) is 0 Å². The lowest BCUT2D eigenvalue weighted by Gasteiger charge is -2.16. The minimum absolute atomic E-state index is 0.398. The molecule has 2 nitrogen and oxygen atoms in total. The van der Waals surface area contributed by atoms with Crippen LogP contribution in [0.1, 0.15) is 44.1 Å². The van der Waals surface area contributed by atoms with Crippen molar-refractivity contribution >= 4 is 17.3 Å². The number of rotatable bonds is 3. The molecule has 1 fully saturated rings. The zero-order valence-electron chi connectivity index (χ0n) is 10.1. The molecule has 2 N–H and O–H groups in total. The van der Waals surface area contributed by atoms with E-state index in [1.807, 2.05) is 18.2 Å². The van der Waals surface area contributed by atoms with Crippen LogP contribution in [0.3, 0.4) is 0 Å². The Bertz CT molecular complexity index is 359. The molecule has 0 radical (unpaired) electrons. The third-order valence-corrected chi connectivity index (χ3v) is 3.72. The summed E-state index contributed by atoms with van der Waals surface area (Å²) >= 11 is 6.11. The van der Waals surface area contributed by atoms with E-state index in [2.05, 4.69) is 0 Å². The normalized spacial score (nSPS) is 17.9. The smallest absolute Gasteiger partial charge is 0.0735 e. The van der Waals surface area contributed by atoms with Gasteiger partial charge in [0.05, 0.1) is 12.7 Å². The van der Waals surface area contributed by atoms with Crippen molar-refractivity contribution in [2.24, 2.45) is 0 Å². The van der Waals surface area contributed by atoms with Crippen molar-refractivity contribution in [2.45, 2.75) is 51.2 Å². The number of hydrogen-bond donors (Lipinski definition) is 1. The Labute approximate surface area is 108 Å². The Morgan fingerprint density at radius 2 is 1.88 bits per heavy atom. The predicted octanol–water partition coefficient (Wildman–Crippen LogP) is 4.16. The van der Waals surface area contributed by atoms with E-state index < -0.39 is 0 Å². The number of ether oxygens (including phenoxy) is 1. The van der Waals surface area contributed by atoms with Crippen LogP contribution in [-0.4, -0.2) is 6.10 Å². The second-order valence-corrected chi connectivity index (χ2v) is 5.18. The molecule has 0 atom stereocenters. The Morgan fingerprint density at radius 1 is 1.18 bits per heavy atom. The van der Waals surface area contributed by atoms with Gasteiger partial charge in [-0.25, -0.2) is 0 Å². The lowest BCUT2D eigenvalue weighted by atomic mass is 10.1. The Kier molecular flexibility index (Phi) is 4.69. The van der Waals surface area contributed by atoms with Gasteiger partial charge in [-0.15, -0.1) is 0 Å². The van der Waals surface area contributed by atoms with Crippen LogP contribution < -0.4 is 5.73 Å². The summed E-state index contributed by atoms with van der Waals surface area (Å²) in [4.78, 5) is 0. The summed E-state index contributed by atoms with van der Waals surface area (Å²) in [5.41, 5.74) is 7.49. The monoisotopic (exact) mass is 253 g/mol. The van der Waals surface area contributed by atoms with Gasteiger partial charge in [0, 0.05) is 10.7 Å². The van der Waals surface area contributed by atoms with Gasteiger partial charge in [0.1, 0.15) is 0 Å². The van der Waals surface area contributed by atoms with Crippen LogP contribution in [0.5, 0.6) is 0 Å². The second kappa shape index (κ2) is 6.27. The number of halogens is 1. The van der Waals surface area contributed by atoms with Crippen molar-refractivity contribution in [2.75, 3.05) is 5.73 Å². The summed E-state index contributed by atoms with van der Waals surface area (Å²) < 4.78 is 5.94. The van der Waals surface area contributed by atoms with E-state index in [9.17, 15) is 0 Å². The first-order valence-corrected chi connectivity index (χ1v) is 6.79. The highest BCUT2D eigenvalue weighted by molar-refractivity contribution is 6.31. The molecule has 0 saturated heterocycles. The molecule has 2 rings (SSSR count). The number of anilines is 1. The molecule has 94 valence electrons. The SMILES string of the molecule is Nc1ccc(Cl)c(COC2CCCCCC2)c1. The van der Waals surface area contributed by atoms with Gasteiger partial charge in [-0.05, 0) is 36.6 Å². The maximum absolute atomic E-state index is 6.11. The molecule has 1 aromatic carbocycles. The Hall–Kier alpha value is -0.730. The molecule has 0 aromatic heterocycles. The molecular formula is C14H20ClNO. The first kappa shape index (κ1) is 12.7. The summed E-state index contributed by atoms with van der Waals surface area (Å²) in [5, 5.41) is 0.743. The van der Waals surface area contributed by atoms with Crippen LogP contribution in [0.2, 0.25) is 5.02 Å². The van der Waals surface area contributed by atoms with Crippen LogP contribution in [-0.2, 0) is 11.3 Å². The van der Waals surface area contributed by atoms with Gasteiger partial charge < -0.3 is 10.5 Å². The van der Waals surface area contributed by atoms with Crippen LogP contribution in [0, 0.1) is 0 Å². The largest absolute Gasteiger partial charge is 0.399 e. The van der Waals surface area contributed by atoms with Gasteiger partial charge in [-0.2, -0.15) is 0 Å². The lowest BCUT2D eigenvalue weighted by molar-refractivity contribution is 0.0310. The highest BCUT2D eigenvalue weighted by atomic mass is 35.5. The van der Waals surface area contributed by atoms with Gasteiger partial charge in [-0.1, -0.05) is 37.3 Å². The van der Waals surface area contributed by atoms with Crippen molar-refractivity contribution in [1.29, 1.82) is 0 Å². The molecule has 1 saturated carbocycles. The highest BCUT2D eigenvalue weighted by Crippen LogP contribution is 2.24. The first-order valence-electron chi connectivity index (χ1n) is 6.41. The fourth-order valence-electron chi connectivity index (χ4n) is 2.32. The fraction of sp³-hybridized carbons (Fsp3) is 0.571. The molecule has 0 aliphatic heterocycles. The van der Waals surface area contributed by atoms with E-state index in [1.165, 1.54) is 38.5 Å². The molecule has 1 aromatic rings. The van der Waals surface area contributed by atoms with E-state index >= 15 is 0 Å². The van der Waals surface area contributed by atoms with Gasteiger partial charge in [0.25, 0.3) is 0 Å². The standard InChI is InChI=1S/C14H20ClNO/c15-14-8-7-12(16)9-11(14)10-17-13-5-3-1-2-4-6-13/h7-9,13H,1-6,10,16H2. The van der Waals surface area contributed by atoms with E-state index in [0.717, 1.165) is 16.3 Å². The Balaban J connectivity index is 1.89. The Morgan fingerprint density at radius 3 is 2.59 bits per heavy atom. The number of benzene rings is 1. The van der Waals surface area contributed by atoms with E-state index in [-0.39, 0.29) is 0 Å². The van der Waals surface area contributed by atoms with Crippen molar-refractivity contribution in [1.82, 2.24) is 0 Å². The van der Waals surface area contributed by atoms with Crippen molar-refractivity contribution in [3.05, 3.63) is 28.8 Å². The minimum Gasteiger partial charge on any atom is -0.399 e. The van der Waals surface area contributed by atoms with Crippen LogP contribution in [0.4, 0.5) is 5.69 Å². The maximum atomic E-state index is 6.11. The molecule has 0 spiro atoms. The molecule has 0 bridgehead atoms. The third-order valence-electron chi connectivity index (χ3n) is 3.35. The number of nitrogens with two attached hydrogens (primary N) is 1. The summed E-state index contributed by atoms with van der Waals surface area (Å²) in [7, 11) is 0. The van der Waals surface area contributed by atoms with Gasteiger partial charge >= 0.3 is 0 Å². The summed E-state index contributed by atoms with van der Waals surface area (Å²) in [6.45, 7) is 0.578. The first-order chi connectivity index (χ1) is 8.25. The zero-order chi connectivity index (χ0) is 12.1. The van der Waals surface area contributed by atoms with E-state index in [4.69, 9.17) is 22.1 Å². The van der Waals surface area contributed by atoms with Gasteiger partial charge in [0.2, 0.25) is 0 Å². The fourth-order valence-corrected chi connectivity index (χ4v) is 2.49. The van der Waals surface area contributed by atoms with Crippen LogP contribution in [0.25, 0.3) is 0 Å². The van der Waals surface area contributed by atoms with Crippen molar-refractivity contribution < 1.29 is 4.74 Å². The minimum atomic E-state index is 0.398. The molecule has 1 aliphatic carbocycles. The molecule has 0 amide bonds. The molecule has 17 heavy (non-hydrogen) atoms. The van der Waals surface area contributed by atoms with Gasteiger partial charge in [-0.3, -0.25) is 0 Å². The third kappa shape index (κ3) is 3.90. The molecular weight excluding hydrogens is 234 g/mol. The lowest BCUT2D eigenvalue weighted by Crippen LogP contribution is -2.11. The summed E-state index contributed by atoms with van der Waals surface area (Å²) in [5.74, 6) is 0. The maximum Gasteiger partial charge on any atom is 0.0735 e. The van der Waals surface area contributed by atoms with Crippen LogP contribution >= 0.6 is 11.6 Å². The van der Waals surface area contributed by atoms with E-state index in [1.54, 1.807) is 0 Å². The summed E-state index contributed by atoms with van der Waals surface area (Å²) in [6, 6.07) is 5.55. The van der Waals surface area contributed by atoms with Gasteiger partial charge in [0.15, 0.2) is 0 Å². The predicted molar refractivity (Wildman–Crippen MR) is 72.1 cm³/mol. The molecule has 1 aliphatic rings. The highest BCUT2D eigenvalue weighted by Gasteiger charge is 2.13. The quantitative estimate of drug-likeness (QED) is 0.648. The number of hydrogen-bond acceptors (Lipinski definition) is 2. The number of nitrogen functional groups attached to an aromatic ring is 1. The van der Waals surface area contributed by atoms with Crippen molar-refractivity contribution in [3.8, 4) is 0 Å². The molecule has 3 heteroatoms. The van der Waals surface area contributed by atoms with Crippen LogP contribution in [0.15, 0.2) is 18.2 Å². The average molecular weight is 254 g/mol. The molecule has 0 unspecified atom stereocenters. The average Bonchev–Trinajstić information content (AvgIpc) is 2.59. The summed E-state index contributed by atoms with van der Waals surface area (Å²) in [6.07, 6.45) is 8.03.